The van der Waals surface area contributed by atoms with Crippen LogP contribution in [0, 0.1) is 0 Å². The Morgan fingerprint density at radius 3 is 2.00 bits per heavy atom. The van der Waals surface area contributed by atoms with Crippen LogP contribution < -0.4 is 5.32 Å². The highest BCUT2D eigenvalue weighted by Crippen LogP contribution is 1.70. The smallest absolute Gasteiger partial charge is 0.290 e. The maximum absolute atomic E-state index is 8.36. The maximum Gasteiger partial charge on any atom is 0.290 e. The van der Waals surface area contributed by atoms with Crippen LogP contribution in [-0.2, 0) is 4.79 Å². The Morgan fingerprint density at radius 1 is 1.67 bits per heavy atom. The van der Waals surface area contributed by atoms with E-state index in [4.69, 9.17) is 9.90 Å². The molecule has 0 aliphatic rings. The average molecular weight is 133 g/mol. The van der Waals surface area contributed by atoms with Crippen LogP contribution in [0.25, 0.3) is 0 Å². The summed E-state index contributed by atoms with van der Waals surface area (Å²) in [6.45, 7) is 7.23. The summed E-state index contributed by atoms with van der Waals surface area (Å²) in [7, 11) is 0. The third kappa shape index (κ3) is 37.1. The Bertz CT molecular complexity index is 55.0. The van der Waals surface area contributed by atoms with Crippen molar-refractivity contribution in [3.05, 3.63) is 0 Å². The van der Waals surface area contributed by atoms with E-state index in [9.17, 15) is 0 Å². The van der Waals surface area contributed by atoms with Gasteiger partial charge in [0, 0.05) is 6.04 Å². The fourth-order valence-corrected chi connectivity index (χ4v) is 0.408. The van der Waals surface area contributed by atoms with Crippen LogP contribution in [0.3, 0.4) is 0 Å². The van der Waals surface area contributed by atoms with Crippen molar-refractivity contribution in [3.8, 4) is 0 Å². The third-order valence-corrected chi connectivity index (χ3v) is 0.612. The SMILES string of the molecule is CCNC(C)C.O=CO. The minimum Gasteiger partial charge on any atom is -0.483 e. The summed E-state index contributed by atoms with van der Waals surface area (Å²) < 4.78 is 0. The first-order valence-electron chi connectivity index (χ1n) is 3.00. The van der Waals surface area contributed by atoms with Crippen LogP contribution in [0.5, 0.6) is 0 Å². The second-order valence-corrected chi connectivity index (χ2v) is 1.82. The van der Waals surface area contributed by atoms with Crippen LogP contribution >= 0.6 is 0 Å². The predicted molar refractivity (Wildman–Crippen MR) is 37.5 cm³/mol. The van der Waals surface area contributed by atoms with Crippen molar-refractivity contribution in [1.82, 2.24) is 5.32 Å². The highest BCUT2D eigenvalue weighted by atomic mass is 16.3. The summed E-state index contributed by atoms with van der Waals surface area (Å²) in [5.74, 6) is 0. The Morgan fingerprint density at radius 2 is 2.00 bits per heavy atom. The lowest BCUT2D eigenvalue weighted by Crippen LogP contribution is -2.21. The minimum absolute atomic E-state index is 0.250. The molecule has 0 saturated heterocycles. The zero-order valence-electron chi connectivity index (χ0n) is 6.22. The van der Waals surface area contributed by atoms with E-state index in [1.807, 2.05) is 0 Å². The lowest BCUT2D eigenvalue weighted by molar-refractivity contribution is -0.122. The molecule has 0 aliphatic carbocycles. The molecule has 0 radical (unpaired) electrons. The van der Waals surface area contributed by atoms with Gasteiger partial charge in [-0.3, -0.25) is 4.79 Å². The number of carboxylic acid groups (broad SMARTS) is 1. The van der Waals surface area contributed by atoms with Crippen LogP contribution in [0.15, 0.2) is 0 Å². The molecule has 0 aromatic heterocycles. The van der Waals surface area contributed by atoms with Crippen LogP contribution in [0.2, 0.25) is 0 Å². The van der Waals surface area contributed by atoms with Gasteiger partial charge >= 0.3 is 0 Å². The molecule has 9 heavy (non-hydrogen) atoms. The van der Waals surface area contributed by atoms with Crippen molar-refractivity contribution in [3.63, 3.8) is 0 Å². The number of hydrogen-bond acceptors (Lipinski definition) is 2. The summed E-state index contributed by atoms with van der Waals surface area (Å²) >= 11 is 0. The van der Waals surface area contributed by atoms with Crippen molar-refractivity contribution < 1.29 is 9.90 Å². The molecule has 0 saturated carbocycles. The molecule has 56 valence electrons. The summed E-state index contributed by atoms with van der Waals surface area (Å²) in [5, 5.41) is 10.1. The van der Waals surface area contributed by atoms with E-state index in [2.05, 4.69) is 26.1 Å². The van der Waals surface area contributed by atoms with E-state index in [-0.39, 0.29) is 6.47 Å². The zero-order chi connectivity index (χ0) is 7.70. The molecule has 3 heteroatoms. The molecule has 0 spiro atoms. The fourth-order valence-electron chi connectivity index (χ4n) is 0.408. The molecule has 3 nitrogen and oxygen atoms in total. The highest BCUT2D eigenvalue weighted by molar-refractivity contribution is 5.32. The topological polar surface area (TPSA) is 49.3 Å². The van der Waals surface area contributed by atoms with E-state index in [0.717, 1.165) is 6.54 Å². The van der Waals surface area contributed by atoms with Gasteiger partial charge in [0.25, 0.3) is 6.47 Å². The van der Waals surface area contributed by atoms with E-state index in [1.54, 1.807) is 0 Å². The molecule has 0 heterocycles. The van der Waals surface area contributed by atoms with Gasteiger partial charge in [0.05, 0.1) is 0 Å². The molecule has 0 atom stereocenters. The summed E-state index contributed by atoms with van der Waals surface area (Å²) in [6.07, 6.45) is 0. The van der Waals surface area contributed by atoms with Gasteiger partial charge in [-0.1, -0.05) is 20.8 Å². The van der Waals surface area contributed by atoms with Gasteiger partial charge in [-0.25, -0.2) is 0 Å². The summed E-state index contributed by atoms with van der Waals surface area (Å²) in [6, 6.07) is 0.648. The van der Waals surface area contributed by atoms with Gasteiger partial charge in [0.15, 0.2) is 0 Å². The Kier molecular flexibility index (Phi) is 13.0. The monoisotopic (exact) mass is 133 g/mol. The van der Waals surface area contributed by atoms with Crippen LogP contribution in [-0.4, -0.2) is 24.2 Å². The number of carbonyl (C=O) groups is 1. The molecule has 0 fully saturated rings. The fraction of sp³-hybridized carbons (Fsp3) is 0.833. The minimum atomic E-state index is -0.250. The molecule has 0 bridgehead atoms. The lowest BCUT2D eigenvalue weighted by atomic mass is 10.4. The summed E-state index contributed by atoms with van der Waals surface area (Å²) in [5.41, 5.74) is 0. The Balaban J connectivity index is 0. The molecule has 0 rings (SSSR count). The standard InChI is InChI=1S/C5H13N.CH2O2/c1-4-6-5(2)3;2-1-3/h5-6H,4H2,1-3H3;1H,(H,2,3). The molecular weight excluding hydrogens is 118 g/mol. The largest absolute Gasteiger partial charge is 0.483 e. The van der Waals surface area contributed by atoms with Crippen molar-refractivity contribution in [1.29, 1.82) is 0 Å². The highest BCUT2D eigenvalue weighted by Gasteiger charge is 1.82. The second-order valence-electron chi connectivity index (χ2n) is 1.82. The summed E-state index contributed by atoms with van der Waals surface area (Å²) in [4.78, 5) is 8.36. The first kappa shape index (κ1) is 11.3. The quantitative estimate of drug-likeness (QED) is 0.545. The molecule has 0 aromatic rings. The zero-order valence-corrected chi connectivity index (χ0v) is 6.22. The van der Waals surface area contributed by atoms with Gasteiger partial charge < -0.3 is 10.4 Å². The first-order valence-corrected chi connectivity index (χ1v) is 3.00. The molecule has 0 aromatic carbocycles. The van der Waals surface area contributed by atoms with Gasteiger partial charge in [0.1, 0.15) is 0 Å². The lowest BCUT2D eigenvalue weighted by Gasteiger charge is -2.00. The molecule has 0 unspecified atom stereocenters. The van der Waals surface area contributed by atoms with Crippen molar-refractivity contribution in [2.24, 2.45) is 0 Å². The van der Waals surface area contributed by atoms with Gasteiger partial charge in [-0.2, -0.15) is 0 Å². The molecule has 2 N–H and O–H groups in total. The van der Waals surface area contributed by atoms with Crippen molar-refractivity contribution in [2.75, 3.05) is 6.54 Å². The van der Waals surface area contributed by atoms with Crippen LogP contribution in [0.1, 0.15) is 20.8 Å². The molecule has 0 aliphatic heterocycles. The number of hydrogen-bond donors (Lipinski definition) is 2. The Hall–Kier alpha value is -0.570. The normalized spacial score (nSPS) is 8.00. The van der Waals surface area contributed by atoms with Gasteiger partial charge in [0.2, 0.25) is 0 Å². The van der Waals surface area contributed by atoms with Crippen LogP contribution in [0.4, 0.5) is 0 Å². The molecular formula is C6H15NO2. The van der Waals surface area contributed by atoms with E-state index in [1.165, 1.54) is 0 Å². The predicted octanol–water partition coefficient (Wildman–Crippen LogP) is 0.705. The van der Waals surface area contributed by atoms with E-state index >= 15 is 0 Å². The van der Waals surface area contributed by atoms with E-state index < -0.39 is 0 Å². The van der Waals surface area contributed by atoms with Crippen molar-refractivity contribution >= 4 is 6.47 Å². The molecule has 0 amide bonds. The maximum atomic E-state index is 8.36. The van der Waals surface area contributed by atoms with Crippen molar-refractivity contribution in [2.45, 2.75) is 26.8 Å². The number of nitrogens with one attached hydrogen (secondary N) is 1. The average Bonchev–Trinajstić information content (AvgIpc) is 1.67. The second kappa shape index (κ2) is 10.4. The van der Waals surface area contributed by atoms with Gasteiger partial charge in [-0.15, -0.1) is 0 Å². The Labute approximate surface area is 56.1 Å². The third-order valence-electron chi connectivity index (χ3n) is 0.612. The van der Waals surface area contributed by atoms with E-state index in [0.29, 0.717) is 6.04 Å². The first-order chi connectivity index (χ1) is 4.18. The number of rotatable bonds is 2. The van der Waals surface area contributed by atoms with Gasteiger partial charge in [-0.05, 0) is 6.54 Å².